The molecule has 0 aliphatic carbocycles. The third kappa shape index (κ3) is 5.86. The topological polar surface area (TPSA) is 87.5 Å². The largest absolute Gasteiger partial charge is 0.490 e. The van der Waals surface area contributed by atoms with Crippen LogP contribution in [0.2, 0.25) is 0 Å². The quantitative estimate of drug-likeness (QED) is 0.689. The van der Waals surface area contributed by atoms with Crippen LogP contribution in [0.15, 0.2) is 34.9 Å². The Labute approximate surface area is 167 Å². The molecule has 0 atom stereocenters. The Kier molecular flexibility index (Phi) is 7.44. The van der Waals surface area contributed by atoms with E-state index in [2.05, 4.69) is 32.3 Å². The number of nitrogens with zero attached hydrogens (tertiary/aromatic N) is 3. The first-order valence-electron chi connectivity index (χ1n) is 8.32. The van der Waals surface area contributed by atoms with Gasteiger partial charge in [0.25, 0.3) is 5.91 Å². The summed E-state index contributed by atoms with van der Waals surface area (Å²) in [4.78, 5) is 18.3. The van der Waals surface area contributed by atoms with Gasteiger partial charge in [-0.15, -0.1) is 0 Å². The molecule has 2 rings (SSSR count). The molecular formula is C19H21BrN4O3. The highest BCUT2D eigenvalue weighted by atomic mass is 79.9. The highest BCUT2D eigenvalue weighted by Gasteiger charge is 2.14. The van der Waals surface area contributed by atoms with Crippen molar-refractivity contribution in [2.75, 3.05) is 32.2 Å². The molecule has 2 aromatic rings. The number of ether oxygens (including phenoxy) is 2. The molecule has 1 aromatic carbocycles. The van der Waals surface area contributed by atoms with Crippen molar-refractivity contribution in [3.05, 3.63) is 46.1 Å². The Morgan fingerprint density at radius 3 is 2.78 bits per heavy atom. The number of carbonyl (C=O) groups is 1. The molecule has 142 valence electrons. The molecule has 1 amide bonds. The molecule has 8 heteroatoms. The zero-order valence-electron chi connectivity index (χ0n) is 15.5. The maximum atomic E-state index is 12.1. The van der Waals surface area contributed by atoms with E-state index < -0.39 is 0 Å². The van der Waals surface area contributed by atoms with Gasteiger partial charge in [-0.1, -0.05) is 0 Å². The van der Waals surface area contributed by atoms with Crippen molar-refractivity contribution in [2.24, 2.45) is 0 Å². The number of hydrogen-bond donors (Lipinski definition) is 1. The van der Waals surface area contributed by atoms with E-state index in [0.29, 0.717) is 34.7 Å². The molecule has 0 aliphatic heterocycles. The lowest BCUT2D eigenvalue weighted by molar-refractivity contribution is -0.123. The fourth-order valence-corrected chi connectivity index (χ4v) is 2.80. The van der Waals surface area contributed by atoms with Gasteiger partial charge in [0.2, 0.25) is 0 Å². The number of pyridine rings is 1. The molecule has 7 nitrogen and oxygen atoms in total. The molecule has 27 heavy (non-hydrogen) atoms. The summed E-state index contributed by atoms with van der Waals surface area (Å²) in [6, 6.07) is 9.02. The molecule has 0 aliphatic rings. The number of benzene rings is 1. The molecular weight excluding hydrogens is 412 g/mol. The Bertz CT molecular complexity index is 849. The zero-order chi connectivity index (χ0) is 19.8. The van der Waals surface area contributed by atoms with Crippen LogP contribution in [0.1, 0.15) is 18.1 Å². The van der Waals surface area contributed by atoms with Crippen LogP contribution in [0, 0.1) is 11.3 Å². The summed E-state index contributed by atoms with van der Waals surface area (Å²) in [6.07, 6.45) is 1.70. The molecule has 0 radical (unpaired) electrons. The van der Waals surface area contributed by atoms with Crippen LogP contribution in [-0.2, 0) is 11.3 Å². The van der Waals surface area contributed by atoms with E-state index in [0.717, 1.165) is 11.4 Å². The van der Waals surface area contributed by atoms with Gasteiger partial charge in [0.15, 0.2) is 18.1 Å². The fourth-order valence-electron chi connectivity index (χ4n) is 2.24. The summed E-state index contributed by atoms with van der Waals surface area (Å²) >= 11 is 3.36. The van der Waals surface area contributed by atoms with Crippen molar-refractivity contribution in [1.29, 1.82) is 5.26 Å². The van der Waals surface area contributed by atoms with Gasteiger partial charge < -0.3 is 19.7 Å². The summed E-state index contributed by atoms with van der Waals surface area (Å²) in [6.45, 7) is 2.45. The molecule has 0 unspecified atom stereocenters. The molecule has 0 bridgehead atoms. The molecule has 1 heterocycles. The molecule has 1 aromatic heterocycles. The minimum Gasteiger partial charge on any atom is -0.490 e. The van der Waals surface area contributed by atoms with E-state index in [4.69, 9.17) is 14.7 Å². The molecule has 0 fully saturated rings. The standard InChI is InChI=1S/C19H21BrN4O3/c1-4-26-16-8-14(10-21)7-15(20)19(16)27-12-18(25)23-11-13-5-6-22-17(9-13)24(2)3/h5-9H,4,11-12H2,1-3H3,(H,23,25). The second kappa shape index (κ2) is 9.78. The second-order valence-electron chi connectivity index (χ2n) is 5.81. The highest BCUT2D eigenvalue weighted by molar-refractivity contribution is 9.10. The number of amides is 1. The Balaban J connectivity index is 1.98. The molecule has 0 saturated heterocycles. The SMILES string of the molecule is CCOc1cc(C#N)cc(Br)c1OCC(=O)NCc1ccnc(N(C)C)c1. The smallest absolute Gasteiger partial charge is 0.258 e. The lowest BCUT2D eigenvalue weighted by Crippen LogP contribution is -2.28. The van der Waals surface area contributed by atoms with Crippen molar-refractivity contribution in [3.63, 3.8) is 0 Å². The lowest BCUT2D eigenvalue weighted by Gasteiger charge is -2.14. The van der Waals surface area contributed by atoms with Gasteiger partial charge in [-0.05, 0) is 46.6 Å². The van der Waals surface area contributed by atoms with E-state index >= 15 is 0 Å². The first-order chi connectivity index (χ1) is 12.9. The minimum absolute atomic E-state index is 0.170. The summed E-state index contributed by atoms with van der Waals surface area (Å²) in [5, 5.41) is 11.9. The average Bonchev–Trinajstić information content (AvgIpc) is 2.65. The van der Waals surface area contributed by atoms with Crippen LogP contribution in [-0.4, -0.2) is 38.2 Å². The number of carbonyl (C=O) groups excluding carboxylic acids is 1. The van der Waals surface area contributed by atoms with Crippen LogP contribution in [0.5, 0.6) is 11.5 Å². The Morgan fingerprint density at radius 2 is 2.11 bits per heavy atom. The van der Waals surface area contributed by atoms with E-state index in [1.54, 1.807) is 18.3 Å². The Morgan fingerprint density at radius 1 is 1.33 bits per heavy atom. The van der Waals surface area contributed by atoms with Crippen molar-refractivity contribution < 1.29 is 14.3 Å². The van der Waals surface area contributed by atoms with Crippen molar-refractivity contribution in [2.45, 2.75) is 13.5 Å². The highest BCUT2D eigenvalue weighted by Crippen LogP contribution is 2.36. The van der Waals surface area contributed by atoms with Crippen LogP contribution in [0.3, 0.4) is 0 Å². The van der Waals surface area contributed by atoms with Crippen LogP contribution in [0.4, 0.5) is 5.82 Å². The maximum Gasteiger partial charge on any atom is 0.258 e. The van der Waals surface area contributed by atoms with Gasteiger partial charge in [0, 0.05) is 32.9 Å². The number of nitrogens with one attached hydrogen (secondary N) is 1. The van der Waals surface area contributed by atoms with E-state index in [-0.39, 0.29) is 12.5 Å². The predicted molar refractivity (Wildman–Crippen MR) is 106 cm³/mol. The van der Waals surface area contributed by atoms with Gasteiger partial charge >= 0.3 is 0 Å². The summed E-state index contributed by atoms with van der Waals surface area (Å²) in [5.74, 6) is 1.36. The van der Waals surface area contributed by atoms with Gasteiger partial charge in [0.05, 0.1) is 22.7 Å². The van der Waals surface area contributed by atoms with Gasteiger partial charge in [-0.2, -0.15) is 5.26 Å². The first-order valence-corrected chi connectivity index (χ1v) is 9.12. The number of halogens is 1. The maximum absolute atomic E-state index is 12.1. The van der Waals surface area contributed by atoms with E-state index in [9.17, 15) is 4.79 Å². The Hall–Kier alpha value is -2.79. The number of hydrogen-bond acceptors (Lipinski definition) is 6. The van der Waals surface area contributed by atoms with E-state index in [1.807, 2.05) is 38.1 Å². The summed E-state index contributed by atoms with van der Waals surface area (Å²) in [7, 11) is 3.81. The molecule has 0 spiro atoms. The second-order valence-corrected chi connectivity index (χ2v) is 6.67. The third-order valence-corrected chi connectivity index (χ3v) is 4.13. The third-order valence-electron chi connectivity index (χ3n) is 3.54. The van der Waals surface area contributed by atoms with Crippen LogP contribution >= 0.6 is 15.9 Å². The van der Waals surface area contributed by atoms with Crippen molar-refractivity contribution >= 4 is 27.7 Å². The first kappa shape index (κ1) is 20.5. The minimum atomic E-state index is -0.267. The van der Waals surface area contributed by atoms with Gasteiger partial charge in [0.1, 0.15) is 5.82 Å². The van der Waals surface area contributed by atoms with Crippen molar-refractivity contribution in [3.8, 4) is 17.6 Å². The number of nitriles is 1. The fraction of sp³-hybridized carbons (Fsp3) is 0.316. The number of rotatable bonds is 8. The van der Waals surface area contributed by atoms with Gasteiger partial charge in [-0.25, -0.2) is 4.98 Å². The average molecular weight is 433 g/mol. The van der Waals surface area contributed by atoms with E-state index in [1.165, 1.54) is 0 Å². The summed E-state index contributed by atoms with van der Waals surface area (Å²) < 4.78 is 11.7. The molecule has 1 N–H and O–H groups in total. The monoisotopic (exact) mass is 432 g/mol. The zero-order valence-corrected chi connectivity index (χ0v) is 17.0. The lowest BCUT2D eigenvalue weighted by atomic mass is 10.2. The number of anilines is 1. The van der Waals surface area contributed by atoms with Crippen LogP contribution in [0.25, 0.3) is 0 Å². The number of aromatic nitrogens is 1. The van der Waals surface area contributed by atoms with Crippen molar-refractivity contribution in [1.82, 2.24) is 10.3 Å². The predicted octanol–water partition coefficient (Wildman–Crippen LogP) is 2.88. The van der Waals surface area contributed by atoms with Gasteiger partial charge in [-0.3, -0.25) is 4.79 Å². The normalized spacial score (nSPS) is 10.0. The molecule has 0 saturated carbocycles. The summed E-state index contributed by atoms with van der Waals surface area (Å²) in [5.41, 5.74) is 1.38. The van der Waals surface area contributed by atoms with Crippen LogP contribution < -0.4 is 19.7 Å².